The Morgan fingerprint density at radius 3 is 2.76 bits per heavy atom. The molecule has 0 unspecified atom stereocenters. The van der Waals surface area contributed by atoms with Crippen LogP contribution in [0.2, 0.25) is 5.15 Å². The first-order chi connectivity index (χ1) is 15.8. The number of carbonyl (C=O) groups is 2. The molecule has 0 radical (unpaired) electrons. The van der Waals surface area contributed by atoms with Gasteiger partial charge < -0.3 is 10.1 Å². The third-order valence-electron chi connectivity index (χ3n) is 6.85. The van der Waals surface area contributed by atoms with Crippen LogP contribution >= 0.6 is 11.6 Å². The predicted molar refractivity (Wildman–Crippen MR) is 129 cm³/mol. The molecule has 0 spiro atoms. The zero-order valence-electron chi connectivity index (χ0n) is 19.2. The smallest absolute Gasteiger partial charge is 0.339 e. The number of para-hydroxylation sites is 1. The summed E-state index contributed by atoms with van der Waals surface area (Å²) >= 11 is 5.99. The topological polar surface area (TPSA) is 81.2 Å². The number of ether oxygens (including phenoxy) is 1. The average molecular weight is 466 g/mol. The molecular weight excluding hydrogens is 438 g/mol. The third-order valence-corrected chi connectivity index (χ3v) is 7.15. The summed E-state index contributed by atoms with van der Waals surface area (Å²) in [4.78, 5) is 34.5. The summed E-state index contributed by atoms with van der Waals surface area (Å²) in [6.45, 7) is 6.35. The molecule has 1 aromatic carbocycles. The number of nitrogens with zero attached hydrogens (tertiary/aromatic N) is 2. The quantitative estimate of drug-likeness (QED) is 0.377. The molecular formula is C26H28ClN3O3. The van der Waals surface area contributed by atoms with Crippen molar-refractivity contribution in [1.29, 1.82) is 0 Å². The molecule has 1 N–H and O–H groups in total. The Bertz CT molecular complexity index is 1210. The zero-order chi connectivity index (χ0) is 23.6. The number of aromatic nitrogens is 2. The van der Waals surface area contributed by atoms with Gasteiger partial charge in [-0.1, -0.05) is 57.0 Å². The number of pyridine rings is 2. The second-order valence-electron chi connectivity index (χ2n) is 9.18. The van der Waals surface area contributed by atoms with E-state index in [1.54, 1.807) is 12.1 Å². The highest BCUT2D eigenvalue weighted by Crippen LogP contribution is 2.41. The zero-order valence-corrected chi connectivity index (χ0v) is 19.9. The molecule has 172 valence electrons. The fourth-order valence-electron chi connectivity index (χ4n) is 4.45. The lowest BCUT2D eigenvalue weighted by atomic mass is 9.68. The summed E-state index contributed by atoms with van der Waals surface area (Å²) in [5, 5.41) is 3.56. The minimum absolute atomic E-state index is 0.160. The van der Waals surface area contributed by atoms with Gasteiger partial charge in [0.25, 0.3) is 5.91 Å². The van der Waals surface area contributed by atoms with Crippen molar-refractivity contribution in [2.24, 2.45) is 11.3 Å². The normalized spacial score (nSPS) is 15.7. The SMILES string of the molecule is CCC(C)(C)[C@H]1CCc2nc3ccccc3c(C(=O)OCC(=O)Nc3cccnc3Cl)c2C1. The first kappa shape index (κ1) is 23.2. The number of carbonyl (C=O) groups excluding carboxylic acids is 2. The molecule has 1 atom stereocenters. The van der Waals surface area contributed by atoms with Crippen LogP contribution in [0.5, 0.6) is 0 Å². The lowest BCUT2D eigenvalue weighted by molar-refractivity contribution is -0.119. The van der Waals surface area contributed by atoms with Gasteiger partial charge in [0.2, 0.25) is 0 Å². The number of halogens is 1. The van der Waals surface area contributed by atoms with Crippen LogP contribution in [-0.2, 0) is 22.4 Å². The molecule has 7 heteroatoms. The van der Waals surface area contributed by atoms with Gasteiger partial charge in [0, 0.05) is 17.3 Å². The van der Waals surface area contributed by atoms with Crippen molar-refractivity contribution >= 4 is 40.1 Å². The standard InChI is InChI=1S/C26H28ClN3O3/c1-4-26(2,3)16-11-12-20-18(14-16)23(17-8-5-6-9-19(17)29-20)25(32)33-15-22(31)30-21-10-7-13-28-24(21)27/h5-10,13,16H,4,11-12,14-15H2,1-3H3,(H,30,31)/t16-/m0/s1. The van der Waals surface area contributed by atoms with E-state index in [1.165, 1.54) is 6.20 Å². The summed E-state index contributed by atoms with van der Waals surface area (Å²) in [6.07, 6.45) is 5.24. The molecule has 6 nitrogen and oxygen atoms in total. The van der Waals surface area contributed by atoms with Crippen LogP contribution in [0, 0.1) is 11.3 Å². The first-order valence-corrected chi connectivity index (χ1v) is 11.7. The Morgan fingerprint density at radius 2 is 2.00 bits per heavy atom. The van der Waals surface area contributed by atoms with Crippen molar-refractivity contribution in [1.82, 2.24) is 9.97 Å². The summed E-state index contributed by atoms with van der Waals surface area (Å²) in [7, 11) is 0. The highest BCUT2D eigenvalue weighted by molar-refractivity contribution is 6.32. The largest absolute Gasteiger partial charge is 0.452 e. The maximum Gasteiger partial charge on any atom is 0.339 e. The van der Waals surface area contributed by atoms with Gasteiger partial charge in [-0.05, 0) is 54.4 Å². The Balaban J connectivity index is 1.61. The number of nitrogens with one attached hydrogen (secondary N) is 1. The van der Waals surface area contributed by atoms with Crippen LogP contribution in [0.25, 0.3) is 10.9 Å². The fourth-order valence-corrected chi connectivity index (χ4v) is 4.61. The van der Waals surface area contributed by atoms with Gasteiger partial charge >= 0.3 is 5.97 Å². The highest BCUT2D eigenvalue weighted by Gasteiger charge is 2.34. The van der Waals surface area contributed by atoms with Gasteiger partial charge in [-0.3, -0.25) is 9.78 Å². The maximum atomic E-state index is 13.3. The molecule has 4 rings (SSSR count). The van der Waals surface area contributed by atoms with Gasteiger partial charge in [0.15, 0.2) is 11.8 Å². The molecule has 0 fully saturated rings. The summed E-state index contributed by atoms with van der Waals surface area (Å²) < 4.78 is 5.48. The van der Waals surface area contributed by atoms with E-state index in [2.05, 4.69) is 31.1 Å². The fraction of sp³-hybridized carbons (Fsp3) is 0.385. The Kier molecular flexibility index (Phi) is 6.66. The molecule has 1 amide bonds. The molecule has 0 saturated carbocycles. The number of esters is 1. The van der Waals surface area contributed by atoms with E-state index in [-0.39, 0.29) is 10.6 Å². The van der Waals surface area contributed by atoms with Crippen molar-refractivity contribution in [2.75, 3.05) is 11.9 Å². The number of anilines is 1. The lowest BCUT2D eigenvalue weighted by Crippen LogP contribution is -2.31. The number of benzene rings is 1. The number of hydrogen-bond acceptors (Lipinski definition) is 5. The van der Waals surface area contributed by atoms with Crippen molar-refractivity contribution in [3.8, 4) is 0 Å². The second-order valence-corrected chi connectivity index (χ2v) is 9.54. The number of hydrogen-bond donors (Lipinski definition) is 1. The highest BCUT2D eigenvalue weighted by atomic mass is 35.5. The van der Waals surface area contributed by atoms with E-state index < -0.39 is 18.5 Å². The minimum Gasteiger partial charge on any atom is -0.452 e. The van der Waals surface area contributed by atoms with E-state index in [0.29, 0.717) is 17.2 Å². The van der Waals surface area contributed by atoms with Crippen LogP contribution in [0.1, 0.15) is 55.2 Å². The minimum atomic E-state index is -0.507. The molecule has 2 heterocycles. The molecule has 2 aromatic heterocycles. The number of fused-ring (bicyclic) bond motifs is 2. The average Bonchev–Trinajstić information content (AvgIpc) is 2.82. The van der Waals surface area contributed by atoms with E-state index in [1.807, 2.05) is 24.3 Å². The second kappa shape index (κ2) is 9.48. The molecule has 0 saturated heterocycles. The Labute approximate surface area is 198 Å². The van der Waals surface area contributed by atoms with Crippen LogP contribution in [0.3, 0.4) is 0 Å². The van der Waals surface area contributed by atoms with E-state index in [4.69, 9.17) is 21.3 Å². The molecule has 1 aliphatic carbocycles. The van der Waals surface area contributed by atoms with E-state index >= 15 is 0 Å². The number of amides is 1. The first-order valence-electron chi connectivity index (χ1n) is 11.3. The van der Waals surface area contributed by atoms with Crippen molar-refractivity contribution in [3.63, 3.8) is 0 Å². The number of rotatable bonds is 6. The van der Waals surface area contributed by atoms with Gasteiger partial charge in [0.05, 0.1) is 16.8 Å². The van der Waals surface area contributed by atoms with E-state index in [9.17, 15) is 9.59 Å². The molecule has 1 aliphatic rings. The van der Waals surface area contributed by atoms with Gasteiger partial charge in [-0.2, -0.15) is 0 Å². The molecule has 0 bridgehead atoms. The maximum absolute atomic E-state index is 13.3. The monoisotopic (exact) mass is 465 g/mol. The molecule has 3 aromatic rings. The van der Waals surface area contributed by atoms with Gasteiger partial charge in [-0.25, -0.2) is 9.78 Å². The lowest BCUT2D eigenvalue weighted by Gasteiger charge is -2.37. The third kappa shape index (κ3) is 4.86. The van der Waals surface area contributed by atoms with Crippen LogP contribution in [-0.4, -0.2) is 28.5 Å². The molecule has 33 heavy (non-hydrogen) atoms. The van der Waals surface area contributed by atoms with Crippen LogP contribution in [0.15, 0.2) is 42.6 Å². The Hall–Kier alpha value is -2.99. The van der Waals surface area contributed by atoms with Crippen molar-refractivity contribution in [2.45, 2.75) is 46.5 Å². The van der Waals surface area contributed by atoms with E-state index in [0.717, 1.165) is 47.8 Å². The Morgan fingerprint density at radius 1 is 1.21 bits per heavy atom. The molecule has 0 aliphatic heterocycles. The summed E-state index contributed by atoms with van der Waals surface area (Å²) in [6, 6.07) is 10.9. The van der Waals surface area contributed by atoms with Crippen LogP contribution < -0.4 is 5.32 Å². The van der Waals surface area contributed by atoms with Crippen LogP contribution in [0.4, 0.5) is 5.69 Å². The summed E-state index contributed by atoms with van der Waals surface area (Å²) in [5.74, 6) is -0.539. The number of aryl methyl sites for hydroxylation is 1. The van der Waals surface area contributed by atoms with Crippen molar-refractivity contribution < 1.29 is 14.3 Å². The summed E-state index contributed by atoms with van der Waals surface area (Å²) in [5.41, 5.74) is 3.73. The van der Waals surface area contributed by atoms with Gasteiger partial charge in [0.1, 0.15) is 0 Å². The predicted octanol–water partition coefficient (Wildman–Crippen LogP) is 5.62. The van der Waals surface area contributed by atoms with Crippen molar-refractivity contribution in [3.05, 3.63) is 64.6 Å². The van der Waals surface area contributed by atoms with Gasteiger partial charge in [-0.15, -0.1) is 0 Å².